The van der Waals surface area contributed by atoms with Crippen molar-refractivity contribution in [1.82, 2.24) is 20.4 Å². The number of amides is 2. The minimum absolute atomic E-state index is 0.00190. The van der Waals surface area contributed by atoms with Crippen LogP contribution in [0.2, 0.25) is 0 Å². The van der Waals surface area contributed by atoms with Gasteiger partial charge >= 0.3 is 6.03 Å². The Balaban J connectivity index is 1.44. The second-order valence-corrected chi connectivity index (χ2v) is 8.18. The van der Waals surface area contributed by atoms with Gasteiger partial charge in [0.2, 0.25) is 0 Å². The highest BCUT2D eigenvalue weighted by molar-refractivity contribution is 5.75. The van der Waals surface area contributed by atoms with Crippen LogP contribution in [0.1, 0.15) is 42.4 Å². The first-order valence-corrected chi connectivity index (χ1v) is 10.5. The molecule has 1 aromatic carbocycles. The fourth-order valence-electron chi connectivity index (χ4n) is 4.13. The monoisotopic (exact) mass is 424 g/mol. The third kappa shape index (κ3) is 4.68. The van der Waals surface area contributed by atoms with Gasteiger partial charge in [0.05, 0.1) is 23.9 Å². The van der Waals surface area contributed by atoms with Crippen molar-refractivity contribution in [2.24, 2.45) is 0 Å². The Bertz CT molecular complexity index is 1020. The molecule has 2 aliphatic rings. The van der Waals surface area contributed by atoms with Crippen LogP contribution in [0.15, 0.2) is 24.4 Å². The summed E-state index contributed by atoms with van der Waals surface area (Å²) < 4.78 is 14.3. The Morgan fingerprint density at radius 3 is 2.87 bits per heavy atom. The molecular weight excluding hydrogens is 399 g/mol. The number of hydrogen-bond donors (Lipinski definition) is 2. The van der Waals surface area contributed by atoms with Gasteiger partial charge in [-0.15, -0.1) is 5.10 Å². The molecule has 1 aliphatic carbocycles. The van der Waals surface area contributed by atoms with E-state index in [1.54, 1.807) is 19.1 Å². The standard InChI is InChI=1S/C22H25FN6O2/c1-14-7-16(20(23)8-15(14)10-24)11-25-22(31)29(17-4-5-17)18-3-2-6-28(13-18)21-9-19(30)12-26-27-21/h7-9,12,17-18H,2-6,11,13H2,1H3,(H,25,31)(H,27,30)/t18-/m1/s1. The van der Waals surface area contributed by atoms with Gasteiger partial charge in [0.15, 0.2) is 5.82 Å². The SMILES string of the molecule is Cc1cc(CNC(=O)N(C2CC2)[C@@H]2CCCN(c3cc(O)cnn3)C2)c(F)cc1C#N. The zero-order chi connectivity index (χ0) is 22.0. The summed E-state index contributed by atoms with van der Waals surface area (Å²) in [5, 5.41) is 29.5. The van der Waals surface area contributed by atoms with Crippen LogP contribution >= 0.6 is 0 Å². The molecule has 0 bridgehead atoms. The van der Waals surface area contributed by atoms with Crippen molar-refractivity contribution in [3.8, 4) is 11.8 Å². The molecule has 2 amide bonds. The van der Waals surface area contributed by atoms with E-state index in [1.807, 2.05) is 15.9 Å². The topological polar surface area (TPSA) is 105 Å². The maximum atomic E-state index is 14.3. The van der Waals surface area contributed by atoms with Gasteiger partial charge in [-0.05, 0) is 44.2 Å². The minimum atomic E-state index is -0.494. The van der Waals surface area contributed by atoms with Crippen LogP contribution in [0, 0.1) is 24.1 Å². The van der Waals surface area contributed by atoms with Crippen molar-refractivity contribution in [2.75, 3.05) is 18.0 Å². The minimum Gasteiger partial charge on any atom is -0.506 e. The van der Waals surface area contributed by atoms with Gasteiger partial charge in [-0.25, -0.2) is 9.18 Å². The van der Waals surface area contributed by atoms with Crippen LogP contribution in [0.3, 0.4) is 0 Å². The number of piperidine rings is 1. The molecule has 2 fully saturated rings. The fraction of sp³-hybridized carbons (Fsp3) is 0.455. The van der Waals surface area contributed by atoms with Crippen LogP contribution in [-0.4, -0.2) is 51.4 Å². The lowest BCUT2D eigenvalue weighted by atomic mass is 10.0. The van der Waals surface area contributed by atoms with Crippen molar-refractivity contribution in [3.05, 3.63) is 46.9 Å². The molecule has 2 aromatic rings. The maximum Gasteiger partial charge on any atom is 0.318 e. The molecule has 162 valence electrons. The molecule has 9 heteroatoms. The van der Waals surface area contributed by atoms with E-state index in [-0.39, 0.29) is 30.4 Å². The van der Waals surface area contributed by atoms with E-state index in [0.717, 1.165) is 32.2 Å². The maximum absolute atomic E-state index is 14.3. The third-order valence-electron chi connectivity index (χ3n) is 5.86. The summed E-state index contributed by atoms with van der Waals surface area (Å²) in [5.41, 5.74) is 1.34. The normalized spacial score (nSPS) is 18.4. The van der Waals surface area contributed by atoms with Gasteiger partial charge in [0.25, 0.3) is 0 Å². The molecule has 0 spiro atoms. The predicted octanol–water partition coefficient (Wildman–Crippen LogP) is 2.84. The molecule has 0 radical (unpaired) electrons. The second kappa shape index (κ2) is 8.76. The number of nitriles is 1. The van der Waals surface area contributed by atoms with E-state index in [2.05, 4.69) is 15.5 Å². The molecule has 1 aromatic heterocycles. The van der Waals surface area contributed by atoms with Gasteiger partial charge < -0.3 is 20.2 Å². The van der Waals surface area contributed by atoms with Crippen molar-refractivity contribution < 1.29 is 14.3 Å². The summed E-state index contributed by atoms with van der Waals surface area (Å²) in [5.74, 6) is 0.159. The zero-order valence-electron chi connectivity index (χ0n) is 17.4. The molecule has 2 N–H and O–H groups in total. The summed E-state index contributed by atoms with van der Waals surface area (Å²) in [6.45, 7) is 3.20. The number of aryl methyl sites for hydroxylation is 1. The Morgan fingerprint density at radius 2 is 2.16 bits per heavy atom. The van der Waals surface area contributed by atoms with Crippen LogP contribution < -0.4 is 10.2 Å². The van der Waals surface area contributed by atoms with Gasteiger partial charge in [-0.3, -0.25) is 0 Å². The average Bonchev–Trinajstić information content (AvgIpc) is 3.59. The van der Waals surface area contributed by atoms with Crippen LogP contribution in [-0.2, 0) is 6.54 Å². The molecule has 4 rings (SSSR count). The molecule has 1 atom stereocenters. The number of aromatic hydroxyl groups is 1. The Hall–Kier alpha value is -3.41. The van der Waals surface area contributed by atoms with Crippen molar-refractivity contribution in [1.29, 1.82) is 5.26 Å². The summed E-state index contributed by atoms with van der Waals surface area (Å²) >= 11 is 0. The highest BCUT2D eigenvalue weighted by Crippen LogP contribution is 2.32. The van der Waals surface area contributed by atoms with E-state index < -0.39 is 5.82 Å². The number of nitrogens with zero attached hydrogens (tertiary/aromatic N) is 5. The first-order chi connectivity index (χ1) is 15.0. The fourth-order valence-corrected chi connectivity index (χ4v) is 4.13. The van der Waals surface area contributed by atoms with E-state index in [4.69, 9.17) is 5.26 Å². The van der Waals surface area contributed by atoms with Crippen molar-refractivity contribution in [3.63, 3.8) is 0 Å². The number of anilines is 1. The number of carbonyl (C=O) groups excluding carboxylic acids is 1. The van der Waals surface area contributed by atoms with Gasteiger partial charge in [0.1, 0.15) is 11.6 Å². The number of rotatable bonds is 5. The Morgan fingerprint density at radius 1 is 1.35 bits per heavy atom. The van der Waals surface area contributed by atoms with Crippen LogP contribution in [0.25, 0.3) is 0 Å². The summed E-state index contributed by atoms with van der Waals surface area (Å²) in [7, 11) is 0. The number of urea groups is 1. The van der Waals surface area contributed by atoms with E-state index >= 15 is 0 Å². The molecule has 1 aliphatic heterocycles. The van der Waals surface area contributed by atoms with E-state index in [0.29, 0.717) is 29.1 Å². The summed E-state index contributed by atoms with van der Waals surface area (Å²) in [6.07, 6.45) is 4.97. The predicted molar refractivity (Wildman–Crippen MR) is 112 cm³/mol. The lowest BCUT2D eigenvalue weighted by Crippen LogP contribution is -2.54. The van der Waals surface area contributed by atoms with Gasteiger partial charge in [-0.1, -0.05) is 6.07 Å². The highest BCUT2D eigenvalue weighted by Gasteiger charge is 2.39. The smallest absolute Gasteiger partial charge is 0.318 e. The molecule has 1 saturated heterocycles. The lowest BCUT2D eigenvalue weighted by Gasteiger charge is -2.40. The molecule has 31 heavy (non-hydrogen) atoms. The molecule has 1 saturated carbocycles. The quantitative estimate of drug-likeness (QED) is 0.765. The number of aromatic nitrogens is 2. The molecule has 2 heterocycles. The number of hydrogen-bond acceptors (Lipinski definition) is 6. The number of halogens is 1. The van der Waals surface area contributed by atoms with Gasteiger partial charge in [-0.2, -0.15) is 10.4 Å². The van der Waals surface area contributed by atoms with Crippen LogP contribution in [0.5, 0.6) is 5.75 Å². The summed E-state index contributed by atoms with van der Waals surface area (Å²) in [6, 6.07) is 6.34. The molecule has 0 unspecified atom stereocenters. The zero-order valence-corrected chi connectivity index (χ0v) is 17.4. The molecular formula is C22H25FN6O2. The van der Waals surface area contributed by atoms with Crippen LogP contribution in [0.4, 0.5) is 15.0 Å². The second-order valence-electron chi connectivity index (χ2n) is 8.18. The Kier molecular flexibility index (Phi) is 5.89. The number of carbonyl (C=O) groups is 1. The highest BCUT2D eigenvalue weighted by atomic mass is 19.1. The first-order valence-electron chi connectivity index (χ1n) is 10.5. The largest absolute Gasteiger partial charge is 0.506 e. The van der Waals surface area contributed by atoms with Gasteiger partial charge in [0, 0.05) is 37.3 Å². The lowest BCUT2D eigenvalue weighted by molar-refractivity contribution is 0.160. The Labute approximate surface area is 180 Å². The van der Waals surface area contributed by atoms with Crippen molar-refractivity contribution in [2.45, 2.75) is 51.2 Å². The van der Waals surface area contributed by atoms with E-state index in [9.17, 15) is 14.3 Å². The first kappa shape index (κ1) is 20.8. The number of benzene rings is 1. The number of nitrogens with one attached hydrogen (secondary N) is 1. The molecule has 8 nitrogen and oxygen atoms in total. The third-order valence-corrected chi connectivity index (χ3v) is 5.86. The average molecular weight is 424 g/mol. The van der Waals surface area contributed by atoms with E-state index in [1.165, 1.54) is 12.3 Å². The van der Waals surface area contributed by atoms with Crippen molar-refractivity contribution >= 4 is 11.8 Å². The summed E-state index contributed by atoms with van der Waals surface area (Å²) in [4.78, 5) is 17.0.